The van der Waals surface area contributed by atoms with E-state index < -0.39 is 5.41 Å². The minimum absolute atomic E-state index is 0. The van der Waals surface area contributed by atoms with Crippen LogP contribution in [-0.2, 0) is 16.0 Å². The molecule has 1 aromatic heterocycles. The fraction of sp³-hybridized carbons (Fsp3) is 0.706. The highest BCUT2D eigenvalue weighted by Crippen LogP contribution is 2.23. The van der Waals surface area contributed by atoms with Crippen LogP contribution in [0.4, 0.5) is 5.13 Å². The van der Waals surface area contributed by atoms with Gasteiger partial charge in [-0.3, -0.25) is 9.59 Å². The Bertz CT molecular complexity index is 602. The lowest BCUT2D eigenvalue weighted by Gasteiger charge is -2.38. The van der Waals surface area contributed by atoms with Gasteiger partial charge in [-0.05, 0) is 26.2 Å². The number of hydrogen-bond donors (Lipinski definition) is 2. The van der Waals surface area contributed by atoms with Crippen molar-refractivity contribution in [2.24, 2.45) is 11.1 Å². The Labute approximate surface area is 172 Å². The van der Waals surface area contributed by atoms with E-state index in [1.54, 1.807) is 0 Å². The van der Waals surface area contributed by atoms with Crippen molar-refractivity contribution in [3.63, 3.8) is 0 Å². The molecule has 1 saturated heterocycles. The number of thiazole rings is 1. The lowest BCUT2D eigenvalue weighted by molar-refractivity contribution is -0.134. The first-order valence-corrected chi connectivity index (χ1v) is 9.37. The SMILES string of the molecule is CC(N)C1CCCCN1C(=O)Cc1csc(NC(=O)C(C)(C)C)n1.Cl.Cl. The Balaban J connectivity index is 0.00000312. The number of nitrogens with zero attached hydrogens (tertiary/aromatic N) is 2. The van der Waals surface area contributed by atoms with E-state index in [-0.39, 0.29) is 55.1 Å². The minimum Gasteiger partial charge on any atom is -0.338 e. The Morgan fingerprint density at radius 3 is 2.62 bits per heavy atom. The van der Waals surface area contributed by atoms with Gasteiger partial charge >= 0.3 is 0 Å². The molecule has 0 aliphatic carbocycles. The summed E-state index contributed by atoms with van der Waals surface area (Å²) in [5.74, 6) is -0.0150. The molecule has 2 rings (SSSR count). The van der Waals surface area contributed by atoms with Crippen molar-refractivity contribution < 1.29 is 9.59 Å². The van der Waals surface area contributed by atoms with Gasteiger partial charge in [0.1, 0.15) is 0 Å². The van der Waals surface area contributed by atoms with Crippen molar-refractivity contribution in [3.05, 3.63) is 11.1 Å². The average molecular weight is 425 g/mol. The molecule has 6 nitrogen and oxygen atoms in total. The number of amides is 2. The van der Waals surface area contributed by atoms with E-state index in [0.717, 1.165) is 25.8 Å². The van der Waals surface area contributed by atoms with Crippen LogP contribution >= 0.6 is 36.2 Å². The molecule has 0 spiro atoms. The molecule has 150 valence electrons. The molecule has 9 heteroatoms. The van der Waals surface area contributed by atoms with Gasteiger partial charge < -0.3 is 16.0 Å². The summed E-state index contributed by atoms with van der Waals surface area (Å²) in [6.07, 6.45) is 3.37. The molecule has 2 unspecified atom stereocenters. The van der Waals surface area contributed by atoms with Crippen molar-refractivity contribution >= 4 is 53.1 Å². The molecule has 2 atom stereocenters. The van der Waals surface area contributed by atoms with Crippen LogP contribution in [0.3, 0.4) is 0 Å². The molecule has 0 aromatic carbocycles. The highest BCUT2D eigenvalue weighted by Gasteiger charge is 2.29. The van der Waals surface area contributed by atoms with Gasteiger partial charge in [0.25, 0.3) is 0 Å². The highest BCUT2D eigenvalue weighted by atomic mass is 35.5. The first-order chi connectivity index (χ1) is 11.2. The first-order valence-electron chi connectivity index (χ1n) is 8.49. The summed E-state index contributed by atoms with van der Waals surface area (Å²) in [4.78, 5) is 30.9. The number of halogens is 2. The summed E-state index contributed by atoms with van der Waals surface area (Å²) in [5, 5.41) is 5.18. The number of rotatable bonds is 4. The Morgan fingerprint density at radius 1 is 1.38 bits per heavy atom. The van der Waals surface area contributed by atoms with Gasteiger partial charge in [-0.2, -0.15) is 0 Å². The average Bonchev–Trinajstić information content (AvgIpc) is 2.93. The first kappa shape index (κ1) is 25.1. The van der Waals surface area contributed by atoms with Crippen LogP contribution in [0.2, 0.25) is 0 Å². The second-order valence-electron chi connectivity index (χ2n) is 7.53. The van der Waals surface area contributed by atoms with Crippen LogP contribution in [-0.4, -0.2) is 40.3 Å². The van der Waals surface area contributed by atoms with Gasteiger partial charge in [-0.15, -0.1) is 36.2 Å². The largest absolute Gasteiger partial charge is 0.338 e. The minimum atomic E-state index is -0.472. The summed E-state index contributed by atoms with van der Waals surface area (Å²) in [5.41, 5.74) is 6.26. The smallest absolute Gasteiger partial charge is 0.231 e. The maximum absolute atomic E-state index is 12.6. The van der Waals surface area contributed by atoms with E-state index in [0.29, 0.717) is 10.8 Å². The second-order valence-corrected chi connectivity index (χ2v) is 8.39. The number of nitrogens with two attached hydrogens (primary N) is 1. The number of carbonyl (C=O) groups excluding carboxylic acids is 2. The van der Waals surface area contributed by atoms with Crippen LogP contribution < -0.4 is 11.1 Å². The molecule has 0 bridgehead atoms. The van der Waals surface area contributed by atoms with Crippen LogP contribution in [0.1, 0.15) is 52.7 Å². The van der Waals surface area contributed by atoms with Crippen LogP contribution in [0.5, 0.6) is 0 Å². The topological polar surface area (TPSA) is 88.3 Å². The summed E-state index contributed by atoms with van der Waals surface area (Å²) in [6, 6.07) is 0.0938. The predicted molar refractivity (Wildman–Crippen MR) is 111 cm³/mol. The number of piperidine rings is 1. The number of nitrogens with one attached hydrogen (secondary N) is 1. The van der Waals surface area contributed by atoms with Crippen LogP contribution in [0.15, 0.2) is 5.38 Å². The molecular formula is C17H30Cl2N4O2S. The number of aromatic nitrogens is 1. The molecular weight excluding hydrogens is 395 g/mol. The van der Waals surface area contributed by atoms with Crippen molar-refractivity contribution in [3.8, 4) is 0 Å². The van der Waals surface area contributed by atoms with Crippen molar-refractivity contribution in [1.82, 2.24) is 9.88 Å². The van der Waals surface area contributed by atoms with Gasteiger partial charge in [0, 0.05) is 29.4 Å². The zero-order chi connectivity index (χ0) is 17.9. The molecule has 3 N–H and O–H groups in total. The van der Waals surface area contributed by atoms with E-state index in [1.165, 1.54) is 11.3 Å². The molecule has 1 fully saturated rings. The van der Waals surface area contributed by atoms with Gasteiger partial charge in [-0.25, -0.2) is 4.98 Å². The number of carbonyl (C=O) groups is 2. The molecule has 0 radical (unpaired) electrons. The number of anilines is 1. The van der Waals surface area contributed by atoms with Crippen LogP contribution in [0, 0.1) is 5.41 Å². The van der Waals surface area contributed by atoms with Gasteiger partial charge in [0.15, 0.2) is 5.13 Å². The van der Waals surface area contributed by atoms with E-state index in [9.17, 15) is 9.59 Å². The van der Waals surface area contributed by atoms with E-state index in [1.807, 2.05) is 38.0 Å². The van der Waals surface area contributed by atoms with Crippen molar-refractivity contribution in [2.75, 3.05) is 11.9 Å². The molecule has 1 aliphatic rings. The predicted octanol–water partition coefficient (Wildman–Crippen LogP) is 3.24. The summed E-state index contributed by atoms with van der Waals surface area (Å²) in [7, 11) is 0. The molecule has 1 aromatic rings. The lowest BCUT2D eigenvalue weighted by atomic mass is 9.96. The highest BCUT2D eigenvalue weighted by molar-refractivity contribution is 7.13. The van der Waals surface area contributed by atoms with Gasteiger partial charge in [-0.1, -0.05) is 20.8 Å². The maximum atomic E-state index is 12.6. The van der Waals surface area contributed by atoms with E-state index >= 15 is 0 Å². The molecule has 1 aliphatic heterocycles. The third-order valence-electron chi connectivity index (χ3n) is 4.26. The maximum Gasteiger partial charge on any atom is 0.231 e. The summed E-state index contributed by atoms with van der Waals surface area (Å²) < 4.78 is 0. The number of hydrogen-bond acceptors (Lipinski definition) is 5. The molecule has 2 amide bonds. The molecule has 0 saturated carbocycles. The van der Waals surface area contributed by atoms with Gasteiger partial charge in [0.2, 0.25) is 11.8 Å². The van der Waals surface area contributed by atoms with Gasteiger partial charge in [0.05, 0.1) is 12.1 Å². The van der Waals surface area contributed by atoms with Crippen molar-refractivity contribution in [1.29, 1.82) is 0 Å². The third kappa shape index (κ3) is 6.68. The normalized spacial score (nSPS) is 18.3. The zero-order valence-corrected chi connectivity index (χ0v) is 18.2. The quantitative estimate of drug-likeness (QED) is 0.775. The van der Waals surface area contributed by atoms with Crippen LogP contribution in [0.25, 0.3) is 0 Å². The Morgan fingerprint density at radius 2 is 2.04 bits per heavy atom. The zero-order valence-electron chi connectivity index (χ0n) is 15.8. The second kappa shape index (κ2) is 10.4. The van der Waals surface area contributed by atoms with E-state index in [2.05, 4.69) is 10.3 Å². The van der Waals surface area contributed by atoms with E-state index in [4.69, 9.17) is 5.73 Å². The molecule has 26 heavy (non-hydrogen) atoms. The summed E-state index contributed by atoms with van der Waals surface area (Å²) >= 11 is 1.35. The fourth-order valence-electron chi connectivity index (χ4n) is 2.80. The standard InChI is InChI=1S/C17H28N4O2S.2ClH/c1-11(18)13-7-5-6-8-21(13)14(22)9-12-10-24-16(19-12)20-15(23)17(2,3)4;;/h10-11,13H,5-9,18H2,1-4H3,(H,19,20,23);2*1H. The lowest BCUT2D eigenvalue weighted by Crippen LogP contribution is -2.52. The number of likely N-dealkylation sites (tertiary alicyclic amines) is 1. The fourth-order valence-corrected chi connectivity index (χ4v) is 3.51. The Kier molecular flexibility index (Phi) is 10.1. The van der Waals surface area contributed by atoms with Crippen molar-refractivity contribution in [2.45, 2.75) is 65.5 Å². The monoisotopic (exact) mass is 424 g/mol. The Hall–Kier alpha value is -0.890. The third-order valence-corrected chi connectivity index (χ3v) is 5.07. The molecule has 2 heterocycles. The summed E-state index contributed by atoms with van der Waals surface area (Å²) in [6.45, 7) is 8.28.